The molecular formula is C12H11Br2N3. The first kappa shape index (κ1) is 12.7. The molecule has 2 aromatic rings. The van der Waals surface area contributed by atoms with Crippen molar-refractivity contribution in [3.8, 4) is 0 Å². The van der Waals surface area contributed by atoms with Crippen LogP contribution < -0.4 is 5.32 Å². The molecule has 2 heterocycles. The first-order valence-corrected chi connectivity index (χ1v) is 6.74. The Kier molecular flexibility index (Phi) is 4.65. The Morgan fingerprint density at radius 2 is 1.29 bits per heavy atom. The monoisotopic (exact) mass is 355 g/mol. The van der Waals surface area contributed by atoms with Crippen molar-refractivity contribution in [1.29, 1.82) is 0 Å². The van der Waals surface area contributed by atoms with Gasteiger partial charge in [-0.05, 0) is 55.1 Å². The summed E-state index contributed by atoms with van der Waals surface area (Å²) in [6.07, 6.45) is 3.72. The van der Waals surface area contributed by atoms with E-state index in [2.05, 4.69) is 47.1 Å². The molecule has 5 heteroatoms. The van der Waals surface area contributed by atoms with Crippen molar-refractivity contribution in [1.82, 2.24) is 15.3 Å². The lowest BCUT2D eigenvalue weighted by atomic mass is 10.2. The number of hydrogen-bond acceptors (Lipinski definition) is 3. The maximum absolute atomic E-state index is 4.17. The van der Waals surface area contributed by atoms with Gasteiger partial charge in [0.15, 0.2) is 0 Å². The molecule has 2 rings (SSSR count). The molecule has 0 aromatic carbocycles. The van der Waals surface area contributed by atoms with E-state index >= 15 is 0 Å². The fraction of sp³-hybridized carbons (Fsp3) is 0.167. The molecule has 0 saturated heterocycles. The van der Waals surface area contributed by atoms with Gasteiger partial charge in [0.2, 0.25) is 0 Å². The van der Waals surface area contributed by atoms with Crippen LogP contribution in [0, 0.1) is 0 Å². The third-order valence-electron chi connectivity index (χ3n) is 2.24. The lowest BCUT2D eigenvalue weighted by Crippen LogP contribution is -2.12. The van der Waals surface area contributed by atoms with Gasteiger partial charge in [-0.15, -0.1) is 0 Å². The molecule has 0 amide bonds. The minimum atomic E-state index is 0.802. The predicted molar refractivity (Wildman–Crippen MR) is 74.4 cm³/mol. The highest BCUT2D eigenvalue weighted by Gasteiger charge is 1.96. The van der Waals surface area contributed by atoms with E-state index in [1.54, 1.807) is 0 Å². The maximum Gasteiger partial charge on any atom is 0.106 e. The summed E-state index contributed by atoms with van der Waals surface area (Å²) in [4.78, 5) is 8.35. The van der Waals surface area contributed by atoms with E-state index in [1.807, 2.05) is 36.7 Å². The van der Waals surface area contributed by atoms with Crippen molar-refractivity contribution in [3.05, 3.63) is 57.0 Å². The summed E-state index contributed by atoms with van der Waals surface area (Å²) in [5.41, 5.74) is 2.33. The minimum absolute atomic E-state index is 0.802. The lowest BCUT2D eigenvalue weighted by Gasteiger charge is -2.04. The Balaban J connectivity index is 1.83. The predicted octanol–water partition coefficient (Wildman–Crippen LogP) is 3.29. The first-order valence-electron chi connectivity index (χ1n) is 5.15. The fourth-order valence-electron chi connectivity index (χ4n) is 1.37. The van der Waals surface area contributed by atoms with Gasteiger partial charge in [-0.1, -0.05) is 12.1 Å². The summed E-state index contributed by atoms with van der Waals surface area (Å²) in [6, 6.07) is 7.98. The summed E-state index contributed by atoms with van der Waals surface area (Å²) in [6.45, 7) is 1.60. The van der Waals surface area contributed by atoms with E-state index in [4.69, 9.17) is 0 Å². The summed E-state index contributed by atoms with van der Waals surface area (Å²) in [5.74, 6) is 0. The van der Waals surface area contributed by atoms with Crippen LogP contribution >= 0.6 is 31.9 Å². The molecule has 0 bridgehead atoms. The number of nitrogens with one attached hydrogen (secondary N) is 1. The zero-order valence-electron chi connectivity index (χ0n) is 9.03. The molecule has 0 aliphatic carbocycles. The third-order valence-corrected chi connectivity index (χ3v) is 3.17. The van der Waals surface area contributed by atoms with Crippen LogP contribution in [0.15, 0.2) is 45.9 Å². The van der Waals surface area contributed by atoms with Crippen molar-refractivity contribution >= 4 is 31.9 Å². The fourth-order valence-corrected chi connectivity index (χ4v) is 1.84. The molecule has 0 unspecified atom stereocenters. The number of aromatic nitrogens is 2. The van der Waals surface area contributed by atoms with E-state index in [0.29, 0.717) is 0 Å². The highest BCUT2D eigenvalue weighted by Crippen LogP contribution is 2.08. The minimum Gasteiger partial charge on any atom is -0.309 e. The second-order valence-corrected chi connectivity index (χ2v) is 5.21. The number of nitrogens with zero attached hydrogens (tertiary/aromatic N) is 2. The average molecular weight is 357 g/mol. The van der Waals surface area contributed by atoms with Crippen LogP contribution in [0.3, 0.4) is 0 Å². The van der Waals surface area contributed by atoms with Crippen LogP contribution in [-0.4, -0.2) is 9.97 Å². The molecule has 88 valence electrons. The van der Waals surface area contributed by atoms with Crippen LogP contribution in [0.1, 0.15) is 11.1 Å². The van der Waals surface area contributed by atoms with Crippen LogP contribution in [0.25, 0.3) is 0 Å². The highest BCUT2D eigenvalue weighted by molar-refractivity contribution is 9.10. The SMILES string of the molecule is Brc1ccc(CNCc2ccc(Br)nc2)cn1. The molecule has 17 heavy (non-hydrogen) atoms. The molecule has 0 aliphatic heterocycles. The molecule has 3 nitrogen and oxygen atoms in total. The Morgan fingerprint density at radius 3 is 1.65 bits per heavy atom. The summed E-state index contributed by atoms with van der Waals surface area (Å²) < 4.78 is 1.72. The Morgan fingerprint density at radius 1 is 0.824 bits per heavy atom. The zero-order chi connectivity index (χ0) is 12.1. The lowest BCUT2D eigenvalue weighted by molar-refractivity contribution is 0.689. The second kappa shape index (κ2) is 6.23. The van der Waals surface area contributed by atoms with Gasteiger partial charge < -0.3 is 5.32 Å². The standard InChI is InChI=1S/C12H11Br2N3/c13-11-3-1-9(7-16-11)5-15-6-10-2-4-12(14)17-8-10/h1-4,7-8,15H,5-6H2. The van der Waals surface area contributed by atoms with E-state index in [9.17, 15) is 0 Å². The van der Waals surface area contributed by atoms with Gasteiger partial charge >= 0.3 is 0 Å². The number of pyridine rings is 2. The molecule has 0 atom stereocenters. The molecule has 2 aromatic heterocycles. The Labute approximate surface area is 117 Å². The van der Waals surface area contributed by atoms with E-state index in [0.717, 1.165) is 22.3 Å². The quantitative estimate of drug-likeness (QED) is 0.854. The van der Waals surface area contributed by atoms with E-state index in [-0.39, 0.29) is 0 Å². The van der Waals surface area contributed by atoms with Crippen molar-refractivity contribution < 1.29 is 0 Å². The Bertz CT molecular complexity index is 423. The van der Waals surface area contributed by atoms with Gasteiger partial charge in [0.25, 0.3) is 0 Å². The molecular weight excluding hydrogens is 346 g/mol. The van der Waals surface area contributed by atoms with Crippen molar-refractivity contribution in [2.75, 3.05) is 0 Å². The summed E-state index contributed by atoms with van der Waals surface area (Å²) in [5, 5.41) is 3.35. The van der Waals surface area contributed by atoms with Gasteiger partial charge in [-0.2, -0.15) is 0 Å². The first-order chi connectivity index (χ1) is 8.24. The summed E-state index contributed by atoms with van der Waals surface area (Å²) >= 11 is 6.63. The van der Waals surface area contributed by atoms with Gasteiger partial charge in [0.05, 0.1) is 0 Å². The van der Waals surface area contributed by atoms with Gasteiger partial charge in [0, 0.05) is 25.5 Å². The average Bonchev–Trinajstić information content (AvgIpc) is 2.34. The van der Waals surface area contributed by atoms with Gasteiger partial charge in [-0.25, -0.2) is 9.97 Å². The van der Waals surface area contributed by atoms with Crippen LogP contribution in [0.2, 0.25) is 0 Å². The molecule has 1 N–H and O–H groups in total. The third kappa shape index (κ3) is 4.18. The van der Waals surface area contributed by atoms with Crippen LogP contribution in [0.4, 0.5) is 0 Å². The van der Waals surface area contributed by atoms with Crippen molar-refractivity contribution in [2.24, 2.45) is 0 Å². The second-order valence-electron chi connectivity index (χ2n) is 3.58. The number of rotatable bonds is 4. The smallest absolute Gasteiger partial charge is 0.106 e. The topological polar surface area (TPSA) is 37.8 Å². The van der Waals surface area contributed by atoms with Gasteiger partial charge in [-0.3, -0.25) is 0 Å². The van der Waals surface area contributed by atoms with E-state index in [1.165, 1.54) is 11.1 Å². The molecule has 0 radical (unpaired) electrons. The van der Waals surface area contributed by atoms with Crippen LogP contribution in [-0.2, 0) is 13.1 Å². The maximum atomic E-state index is 4.17. The van der Waals surface area contributed by atoms with Crippen LogP contribution in [0.5, 0.6) is 0 Å². The molecule has 0 aliphatic rings. The zero-order valence-corrected chi connectivity index (χ0v) is 12.2. The largest absolute Gasteiger partial charge is 0.309 e. The highest BCUT2D eigenvalue weighted by atomic mass is 79.9. The van der Waals surface area contributed by atoms with Crippen molar-refractivity contribution in [2.45, 2.75) is 13.1 Å². The summed E-state index contributed by atoms with van der Waals surface area (Å²) in [7, 11) is 0. The molecule has 0 fully saturated rings. The normalized spacial score (nSPS) is 10.5. The molecule has 0 saturated carbocycles. The van der Waals surface area contributed by atoms with Gasteiger partial charge in [0.1, 0.15) is 9.21 Å². The Hall–Kier alpha value is -0.780. The molecule has 0 spiro atoms. The number of halogens is 2. The van der Waals surface area contributed by atoms with Crippen molar-refractivity contribution in [3.63, 3.8) is 0 Å². The number of hydrogen-bond donors (Lipinski definition) is 1. The van der Waals surface area contributed by atoms with E-state index < -0.39 is 0 Å².